The Balaban J connectivity index is 1.38. The lowest BCUT2D eigenvalue weighted by Crippen LogP contribution is -2.48. The van der Waals surface area contributed by atoms with Gasteiger partial charge in [-0.05, 0) is 31.7 Å². The summed E-state index contributed by atoms with van der Waals surface area (Å²) in [5.74, 6) is -1.94. The van der Waals surface area contributed by atoms with Crippen molar-refractivity contribution in [2.75, 3.05) is 44.6 Å². The molecule has 2 N–H and O–H groups in total. The number of aliphatic hydroxyl groups is 1. The van der Waals surface area contributed by atoms with E-state index in [-0.39, 0.29) is 18.7 Å². The van der Waals surface area contributed by atoms with Crippen LogP contribution in [0.5, 0.6) is 0 Å². The molecule has 1 aromatic heterocycles. The van der Waals surface area contributed by atoms with Crippen molar-refractivity contribution in [3.63, 3.8) is 0 Å². The molecule has 3 rings (SSSR count). The van der Waals surface area contributed by atoms with E-state index in [9.17, 15) is 18.7 Å². The van der Waals surface area contributed by atoms with Gasteiger partial charge in [0.25, 0.3) is 5.92 Å². The van der Waals surface area contributed by atoms with Gasteiger partial charge in [0.05, 0.1) is 5.60 Å². The number of anilines is 1. The number of amides is 1. The molecule has 162 valence electrons. The number of piperidine rings is 1. The molecular weight excluding hydrogens is 380 g/mol. The molecule has 1 aromatic rings. The molecule has 0 radical (unpaired) electrons. The largest absolute Gasteiger partial charge is 0.388 e. The second-order valence-electron chi connectivity index (χ2n) is 8.19. The van der Waals surface area contributed by atoms with E-state index in [4.69, 9.17) is 0 Å². The van der Waals surface area contributed by atoms with Gasteiger partial charge in [0, 0.05) is 70.9 Å². The predicted molar refractivity (Wildman–Crippen MR) is 106 cm³/mol. The third-order valence-corrected chi connectivity index (χ3v) is 5.79. The van der Waals surface area contributed by atoms with Crippen LogP contribution in [0.25, 0.3) is 0 Å². The van der Waals surface area contributed by atoms with Crippen molar-refractivity contribution in [2.45, 2.75) is 56.5 Å². The fourth-order valence-electron chi connectivity index (χ4n) is 4.03. The van der Waals surface area contributed by atoms with Crippen LogP contribution in [0.3, 0.4) is 0 Å². The van der Waals surface area contributed by atoms with Crippen LogP contribution in [0, 0.1) is 0 Å². The Kier molecular flexibility index (Phi) is 7.34. The summed E-state index contributed by atoms with van der Waals surface area (Å²) in [5, 5.41) is 14.1. The minimum absolute atomic E-state index is 0.0858. The molecule has 2 fully saturated rings. The van der Waals surface area contributed by atoms with Gasteiger partial charge < -0.3 is 20.2 Å². The molecule has 2 saturated heterocycles. The summed E-state index contributed by atoms with van der Waals surface area (Å²) < 4.78 is 26.7. The maximum Gasteiger partial charge on any atom is 0.250 e. The molecule has 2 aliphatic heterocycles. The fraction of sp³-hybridized carbons (Fsp3) is 0.750. The number of nitrogens with zero attached hydrogens (tertiary/aromatic N) is 4. The number of carbonyl (C=O) groups excluding carboxylic acids is 1. The number of halogens is 2. The molecule has 0 bridgehead atoms. The Labute approximate surface area is 170 Å². The molecule has 1 atom stereocenters. The van der Waals surface area contributed by atoms with E-state index in [1.165, 1.54) is 0 Å². The molecule has 0 aliphatic carbocycles. The molecule has 1 amide bonds. The zero-order valence-corrected chi connectivity index (χ0v) is 16.8. The number of likely N-dealkylation sites (tertiary alicyclic amines) is 2. The van der Waals surface area contributed by atoms with E-state index in [1.807, 2.05) is 9.80 Å². The van der Waals surface area contributed by atoms with Gasteiger partial charge in [-0.1, -0.05) is 0 Å². The first-order chi connectivity index (χ1) is 13.9. The fourth-order valence-corrected chi connectivity index (χ4v) is 4.03. The molecular formula is C20H31F2N5O2. The van der Waals surface area contributed by atoms with Crippen molar-refractivity contribution < 1.29 is 18.7 Å². The number of β-amino-alcohol motifs (C(OH)–C–C–N with tert-alkyl or cyclic N) is 1. The highest BCUT2D eigenvalue weighted by atomic mass is 19.3. The van der Waals surface area contributed by atoms with E-state index < -0.39 is 11.5 Å². The standard InChI is InChI=1S/C20H31F2N5O2/c21-20(22)7-13-26(14-8-20)16-19(29)5-2-12-27(15-6-19)17(28)4-1-9-23-18-24-10-3-11-25-18/h3,10-11,29H,1-2,4-9,12-16H2,(H,23,24,25)/t19-/m0/s1. The van der Waals surface area contributed by atoms with Crippen LogP contribution in [0.2, 0.25) is 0 Å². The van der Waals surface area contributed by atoms with E-state index in [1.54, 1.807) is 18.5 Å². The summed E-state index contributed by atoms with van der Waals surface area (Å²) in [7, 11) is 0. The summed E-state index contributed by atoms with van der Waals surface area (Å²) in [4.78, 5) is 24.4. The van der Waals surface area contributed by atoms with Crippen LogP contribution in [0.1, 0.15) is 44.9 Å². The molecule has 0 spiro atoms. The van der Waals surface area contributed by atoms with Crippen molar-refractivity contribution in [1.29, 1.82) is 0 Å². The second kappa shape index (κ2) is 9.75. The number of hydrogen-bond acceptors (Lipinski definition) is 6. The molecule has 0 unspecified atom stereocenters. The van der Waals surface area contributed by atoms with Crippen LogP contribution >= 0.6 is 0 Å². The first-order valence-electron chi connectivity index (χ1n) is 10.5. The SMILES string of the molecule is O=C(CCCNc1ncccn1)N1CCC[C@@](O)(CN2CCC(F)(F)CC2)CC1. The Hall–Kier alpha value is -1.87. The Morgan fingerprint density at radius 2 is 1.83 bits per heavy atom. The lowest BCUT2D eigenvalue weighted by atomic mass is 9.93. The first-order valence-corrected chi connectivity index (χ1v) is 10.5. The molecule has 3 heterocycles. The number of hydrogen-bond donors (Lipinski definition) is 2. The third-order valence-electron chi connectivity index (χ3n) is 5.79. The van der Waals surface area contributed by atoms with Gasteiger partial charge in [0.15, 0.2) is 0 Å². The van der Waals surface area contributed by atoms with E-state index in [0.717, 1.165) is 6.42 Å². The van der Waals surface area contributed by atoms with Gasteiger partial charge >= 0.3 is 0 Å². The Bertz CT molecular complexity index is 654. The summed E-state index contributed by atoms with van der Waals surface area (Å²) in [6, 6.07) is 1.75. The van der Waals surface area contributed by atoms with Gasteiger partial charge in [-0.15, -0.1) is 0 Å². The monoisotopic (exact) mass is 411 g/mol. The molecule has 7 nitrogen and oxygen atoms in total. The van der Waals surface area contributed by atoms with Gasteiger partial charge in [-0.2, -0.15) is 0 Å². The van der Waals surface area contributed by atoms with E-state index in [2.05, 4.69) is 15.3 Å². The Morgan fingerprint density at radius 1 is 1.10 bits per heavy atom. The van der Waals surface area contributed by atoms with E-state index in [0.29, 0.717) is 70.9 Å². The highest BCUT2D eigenvalue weighted by molar-refractivity contribution is 5.76. The van der Waals surface area contributed by atoms with Crippen LogP contribution < -0.4 is 5.32 Å². The van der Waals surface area contributed by atoms with Crippen LogP contribution in [-0.2, 0) is 4.79 Å². The predicted octanol–water partition coefficient (Wildman–Crippen LogP) is 2.14. The third kappa shape index (κ3) is 6.85. The molecule has 0 aromatic carbocycles. The maximum absolute atomic E-state index is 13.3. The smallest absolute Gasteiger partial charge is 0.250 e. The lowest BCUT2D eigenvalue weighted by molar-refractivity contribution is -0.131. The number of alkyl halides is 2. The van der Waals surface area contributed by atoms with Gasteiger partial charge in [-0.25, -0.2) is 18.7 Å². The average Bonchev–Trinajstić information content (AvgIpc) is 2.89. The van der Waals surface area contributed by atoms with Gasteiger partial charge in [0.1, 0.15) is 0 Å². The van der Waals surface area contributed by atoms with Crippen LogP contribution in [0.4, 0.5) is 14.7 Å². The number of carbonyl (C=O) groups is 1. The first kappa shape index (κ1) is 21.8. The molecule has 0 saturated carbocycles. The zero-order valence-electron chi connectivity index (χ0n) is 16.8. The molecule has 9 heteroatoms. The highest BCUT2D eigenvalue weighted by Gasteiger charge is 2.38. The molecule has 2 aliphatic rings. The minimum Gasteiger partial charge on any atom is -0.388 e. The molecule has 29 heavy (non-hydrogen) atoms. The summed E-state index contributed by atoms with van der Waals surface area (Å²) in [5.41, 5.74) is -0.909. The number of rotatable bonds is 7. The van der Waals surface area contributed by atoms with Crippen molar-refractivity contribution in [3.8, 4) is 0 Å². The maximum atomic E-state index is 13.3. The summed E-state index contributed by atoms with van der Waals surface area (Å²) >= 11 is 0. The normalized spacial score (nSPS) is 25.4. The Morgan fingerprint density at radius 3 is 2.55 bits per heavy atom. The van der Waals surface area contributed by atoms with Crippen LogP contribution in [-0.4, -0.2) is 81.6 Å². The minimum atomic E-state index is -2.58. The highest BCUT2D eigenvalue weighted by Crippen LogP contribution is 2.30. The second-order valence-corrected chi connectivity index (χ2v) is 8.19. The topological polar surface area (TPSA) is 81.6 Å². The van der Waals surface area contributed by atoms with Crippen molar-refractivity contribution in [2.24, 2.45) is 0 Å². The quantitative estimate of drug-likeness (QED) is 0.669. The van der Waals surface area contributed by atoms with Gasteiger partial charge in [-0.3, -0.25) is 4.79 Å². The number of aromatic nitrogens is 2. The van der Waals surface area contributed by atoms with E-state index >= 15 is 0 Å². The van der Waals surface area contributed by atoms with Crippen molar-refractivity contribution in [1.82, 2.24) is 19.8 Å². The number of nitrogens with one attached hydrogen (secondary N) is 1. The zero-order chi connectivity index (χ0) is 20.7. The summed E-state index contributed by atoms with van der Waals surface area (Å²) in [6.45, 7) is 2.80. The van der Waals surface area contributed by atoms with Crippen molar-refractivity contribution >= 4 is 11.9 Å². The summed E-state index contributed by atoms with van der Waals surface area (Å²) in [6.07, 6.45) is 5.95. The van der Waals surface area contributed by atoms with Gasteiger partial charge in [0.2, 0.25) is 11.9 Å². The lowest BCUT2D eigenvalue weighted by Gasteiger charge is -2.37. The van der Waals surface area contributed by atoms with Crippen molar-refractivity contribution in [3.05, 3.63) is 18.5 Å². The average molecular weight is 411 g/mol. The van der Waals surface area contributed by atoms with Crippen LogP contribution in [0.15, 0.2) is 18.5 Å².